The Morgan fingerprint density at radius 2 is 1.55 bits per heavy atom. The Bertz CT molecular complexity index is 376. The molecule has 0 aromatic carbocycles. The molecule has 1 saturated heterocycles. The molecule has 12 N–H and O–H groups in total. The van der Waals surface area contributed by atoms with Gasteiger partial charge in [-0.15, -0.1) is 0 Å². The van der Waals surface area contributed by atoms with Crippen LogP contribution in [-0.4, -0.2) is 88.0 Å². The van der Waals surface area contributed by atoms with Crippen LogP contribution in [0.25, 0.3) is 0 Å². The maximum atomic E-state index is 10.1. The van der Waals surface area contributed by atoms with E-state index in [2.05, 4.69) is 0 Å². The zero-order valence-corrected chi connectivity index (χ0v) is 12.1. The highest BCUT2D eigenvalue weighted by Gasteiger charge is 2.47. The fraction of sp³-hybridized carbons (Fsp3) is 1.00. The van der Waals surface area contributed by atoms with Crippen molar-refractivity contribution < 1.29 is 29.9 Å². The Hall–Kier alpha value is -0.400. The van der Waals surface area contributed by atoms with Gasteiger partial charge in [0, 0.05) is 12.1 Å². The molecule has 2 fully saturated rings. The van der Waals surface area contributed by atoms with Crippen LogP contribution in [-0.2, 0) is 9.47 Å². The highest BCUT2D eigenvalue weighted by atomic mass is 16.7. The number of rotatable bonds is 3. The maximum Gasteiger partial charge on any atom is 0.175 e. The lowest BCUT2D eigenvalue weighted by Gasteiger charge is -2.46. The molecule has 10 heteroatoms. The van der Waals surface area contributed by atoms with Gasteiger partial charge in [0.25, 0.3) is 0 Å². The van der Waals surface area contributed by atoms with Gasteiger partial charge in [-0.05, 0) is 6.42 Å². The predicted octanol–water partition coefficient (Wildman–Crippen LogP) is -5.12. The molecule has 0 spiro atoms. The minimum atomic E-state index is -1.30. The van der Waals surface area contributed by atoms with E-state index in [1.54, 1.807) is 0 Å². The lowest BCUT2D eigenvalue weighted by molar-refractivity contribution is -0.277. The lowest BCUT2D eigenvalue weighted by Crippen LogP contribution is -2.68. The van der Waals surface area contributed by atoms with E-state index >= 15 is 0 Å². The molecule has 0 radical (unpaired) electrons. The van der Waals surface area contributed by atoms with Crippen molar-refractivity contribution in [1.82, 2.24) is 0 Å². The van der Waals surface area contributed by atoms with E-state index in [1.165, 1.54) is 0 Å². The highest BCUT2D eigenvalue weighted by Crippen LogP contribution is 2.26. The van der Waals surface area contributed by atoms with Gasteiger partial charge in [-0.1, -0.05) is 0 Å². The number of nitrogens with two attached hydrogens (primary N) is 4. The second kappa shape index (κ2) is 7.01. The van der Waals surface area contributed by atoms with Crippen LogP contribution in [0.3, 0.4) is 0 Å². The van der Waals surface area contributed by atoms with Gasteiger partial charge < -0.3 is 52.8 Å². The quantitative estimate of drug-likeness (QED) is 0.248. The molecule has 0 aromatic heterocycles. The van der Waals surface area contributed by atoms with E-state index in [4.69, 9.17) is 32.4 Å². The van der Waals surface area contributed by atoms with Crippen LogP contribution < -0.4 is 22.9 Å². The van der Waals surface area contributed by atoms with E-state index < -0.39 is 67.6 Å². The Morgan fingerprint density at radius 3 is 2.14 bits per heavy atom. The molecule has 2 rings (SSSR count). The monoisotopic (exact) mass is 322 g/mol. The van der Waals surface area contributed by atoms with Crippen LogP contribution >= 0.6 is 0 Å². The van der Waals surface area contributed by atoms with Crippen molar-refractivity contribution >= 4 is 0 Å². The van der Waals surface area contributed by atoms with Gasteiger partial charge in [0.15, 0.2) is 6.29 Å². The van der Waals surface area contributed by atoms with Crippen LogP contribution in [0.4, 0.5) is 0 Å². The Morgan fingerprint density at radius 1 is 0.909 bits per heavy atom. The fourth-order valence-electron chi connectivity index (χ4n) is 2.90. The topological polar surface area (TPSA) is 203 Å². The molecule has 10 nitrogen and oxygen atoms in total. The molecule has 1 saturated carbocycles. The predicted molar refractivity (Wildman–Crippen MR) is 75.2 cm³/mol. The van der Waals surface area contributed by atoms with Crippen LogP contribution in [0.5, 0.6) is 0 Å². The summed E-state index contributed by atoms with van der Waals surface area (Å²) < 4.78 is 11.0. The van der Waals surface area contributed by atoms with E-state index in [1.807, 2.05) is 0 Å². The van der Waals surface area contributed by atoms with Crippen LogP contribution in [0, 0.1) is 0 Å². The first-order chi connectivity index (χ1) is 10.3. The van der Waals surface area contributed by atoms with Crippen molar-refractivity contribution in [3.05, 3.63) is 0 Å². The van der Waals surface area contributed by atoms with E-state index in [-0.39, 0.29) is 6.42 Å². The lowest BCUT2D eigenvalue weighted by atomic mass is 9.84. The first-order valence-corrected chi connectivity index (χ1v) is 7.26. The van der Waals surface area contributed by atoms with E-state index in [9.17, 15) is 20.4 Å². The summed E-state index contributed by atoms with van der Waals surface area (Å²) in [4.78, 5) is 0. The van der Waals surface area contributed by atoms with Crippen molar-refractivity contribution in [1.29, 1.82) is 0 Å². The summed E-state index contributed by atoms with van der Waals surface area (Å²) in [6.45, 7) is -0.464. The van der Waals surface area contributed by atoms with Gasteiger partial charge in [-0.3, -0.25) is 0 Å². The maximum absolute atomic E-state index is 10.1. The Balaban J connectivity index is 2.08. The summed E-state index contributed by atoms with van der Waals surface area (Å²) in [5.74, 6) is 0. The standard InChI is InChI=1S/C12H26N4O6/c13-3-1-4(14)11(10(20)8(3)18)22-12-7(16)6(15)9(19)5(2-17)21-12/h3-12,17-20H,1-2,13-16H2/t3-,4?,5?,6-,7?,8-,9-,10?,11-,12-/m1/s1. The summed E-state index contributed by atoms with van der Waals surface area (Å²) in [7, 11) is 0. The normalized spacial score (nSPS) is 53.5. The van der Waals surface area contributed by atoms with Gasteiger partial charge in [0.05, 0.1) is 30.9 Å². The zero-order valence-electron chi connectivity index (χ0n) is 12.1. The van der Waals surface area contributed by atoms with Gasteiger partial charge in [-0.25, -0.2) is 0 Å². The van der Waals surface area contributed by atoms with Gasteiger partial charge in [0.1, 0.15) is 18.3 Å². The van der Waals surface area contributed by atoms with Crippen molar-refractivity contribution in [2.75, 3.05) is 6.61 Å². The minimum Gasteiger partial charge on any atom is -0.394 e. The molecule has 2 aliphatic rings. The summed E-state index contributed by atoms with van der Waals surface area (Å²) in [6, 6.07) is -3.04. The molecule has 0 bridgehead atoms. The van der Waals surface area contributed by atoms with Crippen molar-refractivity contribution in [3.8, 4) is 0 Å². The fourth-order valence-corrected chi connectivity index (χ4v) is 2.90. The van der Waals surface area contributed by atoms with Crippen LogP contribution in [0.1, 0.15) is 6.42 Å². The van der Waals surface area contributed by atoms with Gasteiger partial charge in [-0.2, -0.15) is 0 Å². The smallest absolute Gasteiger partial charge is 0.175 e. The first-order valence-electron chi connectivity index (χ1n) is 7.26. The summed E-state index contributed by atoms with van der Waals surface area (Å²) in [6.07, 6.45) is -6.35. The Kier molecular flexibility index (Phi) is 5.72. The Labute approximate surface area is 128 Å². The average Bonchev–Trinajstić information content (AvgIpc) is 2.49. The molecule has 1 aliphatic carbocycles. The second-order valence-electron chi connectivity index (χ2n) is 6.02. The van der Waals surface area contributed by atoms with Crippen molar-refractivity contribution in [3.63, 3.8) is 0 Å². The molecule has 0 aromatic rings. The molecule has 1 heterocycles. The average molecular weight is 322 g/mol. The molecular formula is C12H26N4O6. The van der Waals surface area contributed by atoms with E-state index in [0.29, 0.717) is 0 Å². The molecule has 4 unspecified atom stereocenters. The number of hydrogen-bond acceptors (Lipinski definition) is 10. The molecule has 130 valence electrons. The summed E-state index contributed by atoms with van der Waals surface area (Å²) in [5, 5.41) is 38.9. The largest absolute Gasteiger partial charge is 0.394 e. The highest BCUT2D eigenvalue weighted by molar-refractivity contribution is 5.00. The summed E-state index contributed by atoms with van der Waals surface area (Å²) >= 11 is 0. The number of aliphatic hydroxyl groups excluding tert-OH is 4. The third-order valence-electron chi connectivity index (χ3n) is 4.41. The van der Waals surface area contributed by atoms with E-state index in [0.717, 1.165) is 0 Å². The minimum absolute atomic E-state index is 0.253. The van der Waals surface area contributed by atoms with Crippen molar-refractivity contribution in [2.24, 2.45) is 22.9 Å². The van der Waals surface area contributed by atoms with Crippen LogP contribution in [0.15, 0.2) is 0 Å². The second-order valence-corrected chi connectivity index (χ2v) is 6.02. The zero-order chi connectivity index (χ0) is 16.6. The van der Waals surface area contributed by atoms with Crippen LogP contribution in [0.2, 0.25) is 0 Å². The molecule has 0 amide bonds. The SMILES string of the molecule is NC1C[C@@H](N)[C@@H](O)C(O)[C@@H]1O[C@H]1OC(CO)[C@@H](O)[C@H](N)C1N. The molecule has 1 aliphatic heterocycles. The molecular weight excluding hydrogens is 296 g/mol. The number of aliphatic hydroxyl groups is 4. The third-order valence-corrected chi connectivity index (χ3v) is 4.41. The number of hydrogen-bond donors (Lipinski definition) is 8. The molecule has 22 heavy (non-hydrogen) atoms. The summed E-state index contributed by atoms with van der Waals surface area (Å²) in [5.41, 5.74) is 23.3. The van der Waals surface area contributed by atoms with Crippen molar-refractivity contribution in [2.45, 2.75) is 67.4 Å². The third kappa shape index (κ3) is 3.26. The molecule has 10 atom stereocenters. The van der Waals surface area contributed by atoms with Gasteiger partial charge in [0.2, 0.25) is 0 Å². The number of ether oxygens (including phenoxy) is 2. The van der Waals surface area contributed by atoms with Gasteiger partial charge >= 0.3 is 0 Å². The first kappa shape index (κ1) is 17.9.